The van der Waals surface area contributed by atoms with Gasteiger partial charge in [0.1, 0.15) is 0 Å². The Hall–Kier alpha value is -0.0431. The minimum Gasteiger partial charge on any atom is -0.0912 e. The highest BCUT2D eigenvalue weighted by atomic mass is 28.3. The van der Waals surface area contributed by atoms with Gasteiger partial charge in [0.2, 0.25) is 0 Å². The Morgan fingerprint density at radius 1 is 1.27 bits per heavy atom. The maximum atomic E-state index is 2.51. The van der Waals surface area contributed by atoms with Crippen molar-refractivity contribution in [1.82, 2.24) is 0 Å². The van der Waals surface area contributed by atoms with E-state index in [4.69, 9.17) is 0 Å². The van der Waals surface area contributed by atoms with Crippen LogP contribution in [0.4, 0.5) is 0 Å². The molecule has 1 aliphatic rings. The quantitative estimate of drug-likeness (QED) is 0.382. The molecule has 1 heteroatoms. The molecule has 0 aromatic carbocycles. The van der Waals surface area contributed by atoms with Crippen molar-refractivity contribution in [3.63, 3.8) is 0 Å². The molecule has 0 saturated carbocycles. The first kappa shape index (κ1) is 9.05. The Bertz CT molecular complexity index is 147. The molecule has 0 fully saturated rings. The monoisotopic (exact) mass is 168 g/mol. The van der Waals surface area contributed by atoms with Crippen LogP contribution in [0.1, 0.15) is 19.8 Å². The molecule has 0 aliphatic carbocycles. The van der Waals surface area contributed by atoms with Crippen LogP contribution in [0.2, 0.25) is 25.2 Å². The molecule has 0 amide bonds. The van der Waals surface area contributed by atoms with Gasteiger partial charge in [0.05, 0.1) is 8.07 Å². The summed E-state index contributed by atoms with van der Waals surface area (Å²) < 4.78 is 0. The normalized spacial score (nSPS) is 33.9. The van der Waals surface area contributed by atoms with Gasteiger partial charge in [-0.1, -0.05) is 44.6 Å². The minimum atomic E-state index is -0.802. The maximum absolute atomic E-state index is 2.51. The second-order valence-electron chi connectivity index (χ2n) is 4.72. The third-order valence-corrected chi connectivity index (χ3v) is 5.67. The predicted octanol–water partition coefficient (Wildman–Crippen LogP) is 3.68. The van der Waals surface area contributed by atoms with Crippen LogP contribution in [-0.4, -0.2) is 8.07 Å². The van der Waals surface area contributed by atoms with Gasteiger partial charge in [0.15, 0.2) is 0 Å². The molecule has 1 heterocycles. The van der Waals surface area contributed by atoms with Gasteiger partial charge in [-0.2, -0.15) is 0 Å². The van der Waals surface area contributed by atoms with Crippen LogP contribution >= 0.6 is 0 Å². The zero-order valence-electron chi connectivity index (χ0n) is 8.06. The second-order valence-corrected chi connectivity index (χ2v) is 9.96. The van der Waals surface area contributed by atoms with Crippen molar-refractivity contribution < 1.29 is 0 Å². The van der Waals surface area contributed by atoms with E-state index in [9.17, 15) is 0 Å². The average molecular weight is 168 g/mol. The van der Waals surface area contributed by atoms with Crippen molar-refractivity contribution in [3.8, 4) is 0 Å². The fourth-order valence-corrected chi connectivity index (χ4v) is 3.87. The first-order valence-electron chi connectivity index (χ1n) is 4.75. The van der Waals surface area contributed by atoms with Crippen molar-refractivity contribution in [2.45, 2.75) is 44.9 Å². The van der Waals surface area contributed by atoms with Crippen molar-refractivity contribution in [2.75, 3.05) is 0 Å². The molecule has 0 aromatic heterocycles. The van der Waals surface area contributed by atoms with E-state index >= 15 is 0 Å². The maximum Gasteiger partial charge on any atom is 0.0511 e. The molecule has 0 radical (unpaired) electrons. The first-order chi connectivity index (χ1) is 5.10. The molecule has 1 aliphatic heterocycles. The zero-order chi connectivity index (χ0) is 8.32. The summed E-state index contributed by atoms with van der Waals surface area (Å²) in [5, 5.41) is 0. The van der Waals surface area contributed by atoms with Gasteiger partial charge in [-0.15, -0.1) is 0 Å². The van der Waals surface area contributed by atoms with Crippen molar-refractivity contribution in [3.05, 3.63) is 12.2 Å². The summed E-state index contributed by atoms with van der Waals surface area (Å²) in [6, 6.07) is 2.93. The van der Waals surface area contributed by atoms with Gasteiger partial charge in [-0.05, 0) is 18.4 Å². The molecule has 0 aromatic rings. The topological polar surface area (TPSA) is 0 Å². The third-order valence-electron chi connectivity index (χ3n) is 2.69. The van der Waals surface area contributed by atoms with Crippen LogP contribution in [0.5, 0.6) is 0 Å². The van der Waals surface area contributed by atoms with E-state index in [1.165, 1.54) is 24.9 Å². The Kier molecular flexibility index (Phi) is 2.94. The van der Waals surface area contributed by atoms with Gasteiger partial charge >= 0.3 is 0 Å². The van der Waals surface area contributed by atoms with Crippen molar-refractivity contribution in [2.24, 2.45) is 5.92 Å². The fraction of sp³-hybridized carbons (Fsp3) is 0.800. The van der Waals surface area contributed by atoms with Crippen LogP contribution in [-0.2, 0) is 0 Å². The lowest BCUT2D eigenvalue weighted by Gasteiger charge is -2.24. The van der Waals surface area contributed by atoms with Gasteiger partial charge in [-0.3, -0.25) is 0 Å². The van der Waals surface area contributed by atoms with Gasteiger partial charge in [0, 0.05) is 0 Å². The molecular formula is C10H20Si. The summed E-state index contributed by atoms with van der Waals surface area (Å²) in [4.78, 5) is 0. The smallest absolute Gasteiger partial charge is 0.0511 e. The molecule has 0 N–H and O–H groups in total. The van der Waals surface area contributed by atoms with E-state index in [1.54, 1.807) is 0 Å². The largest absolute Gasteiger partial charge is 0.0912 e. The molecule has 0 nitrogen and oxygen atoms in total. The summed E-state index contributed by atoms with van der Waals surface area (Å²) in [5.41, 5.74) is 0. The molecule has 0 bridgehead atoms. The van der Waals surface area contributed by atoms with Crippen LogP contribution in [0.3, 0.4) is 0 Å². The molecule has 1 unspecified atom stereocenters. The van der Waals surface area contributed by atoms with E-state index in [1.807, 2.05) is 0 Å². The highest BCUT2D eigenvalue weighted by Crippen LogP contribution is 2.25. The van der Waals surface area contributed by atoms with Crippen LogP contribution < -0.4 is 0 Å². The summed E-state index contributed by atoms with van der Waals surface area (Å²) >= 11 is 0. The molecule has 1 atom stereocenters. The van der Waals surface area contributed by atoms with Crippen molar-refractivity contribution in [1.29, 1.82) is 0 Å². The van der Waals surface area contributed by atoms with Crippen LogP contribution in [0, 0.1) is 5.92 Å². The van der Waals surface area contributed by atoms with Crippen LogP contribution in [0.25, 0.3) is 0 Å². The standard InChI is InChI=1S/C10H20Si/c1-10-6-4-5-8-11(2,3)9-7-10/h4-5,10H,6-9H2,1-3H3/b5-4+. The lowest BCUT2D eigenvalue weighted by molar-refractivity contribution is 0.564. The number of allylic oxidation sites excluding steroid dienone is 2. The molecule has 64 valence electrons. The van der Waals surface area contributed by atoms with E-state index in [0.29, 0.717) is 0 Å². The van der Waals surface area contributed by atoms with Gasteiger partial charge < -0.3 is 0 Å². The lowest BCUT2D eigenvalue weighted by atomic mass is 10.1. The number of rotatable bonds is 0. The summed E-state index contributed by atoms with van der Waals surface area (Å²) in [6.45, 7) is 7.39. The highest BCUT2D eigenvalue weighted by Gasteiger charge is 2.20. The molecule has 0 spiro atoms. The van der Waals surface area contributed by atoms with E-state index in [0.717, 1.165) is 5.92 Å². The first-order valence-corrected chi connectivity index (χ1v) is 8.16. The van der Waals surface area contributed by atoms with Gasteiger partial charge in [0.25, 0.3) is 0 Å². The summed E-state index contributed by atoms with van der Waals surface area (Å²) in [6.07, 6.45) is 7.58. The molecule has 1 rings (SSSR count). The fourth-order valence-electron chi connectivity index (χ4n) is 1.59. The Labute approximate surface area is 71.7 Å². The summed E-state index contributed by atoms with van der Waals surface area (Å²) in [7, 11) is -0.802. The van der Waals surface area contributed by atoms with E-state index in [2.05, 4.69) is 32.2 Å². The van der Waals surface area contributed by atoms with Crippen molar-refractivity contribution >= 4 is 8.07 Å². The van der Waals surface area contributed by atoms with Crippen LogP contribution in [0.15, 0.2) is 12.2 Å². The Balaban J connectivity index is 2.52. The number of hydrogen-bond donors (Lipinski definition) is 0. The van der Waals surface area contributed by atoms with E-state index in [-0.39, 0.29) is 0 Å². The Morgan fingerprint density at radius 3 is 2.73 bits per heavy atom. The minimum absolute atomic E-state index is 0.802. The molecular weight excluding hydrogens is 148 g/mol. The zero-order valence-corrected chi connectivity index (χ0v) is 9.06. The molecule has 0 saturated heterocycles. The van der Waals surface area contributed by atoms with Gasteiger partial charge in [-0.25, -0.2) is 0 Å². The summed E-state index contributed by atoms with van der Waals surface area (Å²) in [5.74, 6) is 0.929. The molecule has 11 heavy (non-hydrogen) atoms. The second kappa shape index (κ2) is 3.57. The highest BCUT2D eigenvalue weighted by molar-refractivity contribution is 6.77. The number of hydrogen-bond acceptors (Lipinski definition) is 0. The Morgan fingerprint density at radius 2 is 2.00 bits per heavy atom. The SMILES string of the molecule is CC1C/C=C/C[Si](C)(C)CC1. The lowest BCUT2D eigenvalue weighted by Crippen LogP contribution is -2.25. The average Bonchev–Trinajstić information content (AvgIpc) is 1.92. The third kappa shape index (κ3) is 3.24. The predicted molar refractivity (Wildman–Crippen MR) is 54.6 cm³/mol. The van der Waals surface area contributed by atoms with E-state index < -0.39 is 8.07 Å².